The molecule has 4 aromatic rings. The summed E-state index contributed by atoms with van der Waals surface area (Å²) < 4.78 is 47.9. The zero-order valence-corrected chi connectivity index (χ0v) is 20.4. The largest absolute Gasteiger partial charge is 0.480 e. The first kappa shape index (κ1) is 24.4. The van der Waals surface area contributed by atoms with Gasteiger partial charge in [0.15, 0.2) is 5.69 Å². The van der Waals surface area contributed by atoms with Crippen molar-refractivity contribution >= 4 is 23.0 Å². The van der Waals surface area contributed by atoms with E-state index in [-0.39, 0.29) is 42.5 Å². The molecule has 0 N–H and O–H groups in total. The molecule has 37 heavy (non-hydrogen) atoms. The van der Waals surface area contributed by atoms with Crippen LogP contribution in [0, 0.1) is 6.92 Å². The molecule has 8 nitrogen and oxygen atoms in total. The van der Waals surface area contributed by atoms with Crippen molar-refractivity contribution in [1.29, 1.82) is 0 Å². The summed E-state index contributed by atoms with van der Waals surface area (Å²) in [5.41, 5.74) is 2.41. The molecule has 0 unspecified atom stereocenters. The lowest BCUT2D eigenvalue weighted by molar-refractivity contribution is -0.142. The molecule has 4 heterocycles. The van der Waals surface area contributed by atoms with Crippen molar-refractivity contribution in [3.8, 4) is 17.1 Å². The van der Waals surface area contributed by atoms with E-state index in [0.717, 1.165) is 11.3 Å². The van der Waals surface area contributed by atoms with E-state index in [9.17, 15) is 18.0 Å². The lowest BCUT2D eigenvalue weighted by Crippen LogP contribution is -2.37. The predicted molar refractivity (Wildman–Crippen MR) is 130 cm³/mol. The molecule has 1 aromatic carbocycles. The van der Waals surface area contributed by atoms with Crippen molar-refractivity contribution in [3.05, 3.63) is 71.1 Å². The van der Waals surface area contributed by atoms with Gasteiger partial charge in [-0.25, -0.2) is 19.9 Å². The average Bonchev–Trinajstić information content (AvgIpc) is 3.17. The zero-order chi connectivity index (χ0) is 26.3. The number of aryl methyl sites for hydroxylation is 2. The number of carbonyl (C=O) groups is 1. The number of alkyl halides is 3. The second-order valence-corrected chi connectivity index (χ2v) is 8.65. The maximum atomic E-state index is 13.5. The molecule has 0 saturated carbocycles. The monoisotopic (exact) mass is 508 g/mol. The molecule has 0 radical (unpaired) electrons. The zero-order valence-electron chi connectivity index (χ0n) is 20.4. The molecular formula is C26H23F3N6O2. The van der Waals surface area contributed by atoms with Crippen molar-refractivity contribution in [1.82, 2.24) is 29.4 Å². The molecule has 11 heteroatoms. The quantitative estimate of drug-likeness (QED) is 0.381. The Morgan fingerprint density at radius 1 is 1.14 bits per heavy atom. The van der Waals surface area contributed by atoms with Gasteiger partial charge in [0.1, 0.15) is 17.8 Å². The van der Waals surface area contributed by atoms with E-state index in [1.807, 2.05) is 41.9 Å². The van der Waals surface area contributed by atoms with Crippen LogP contribution in [0.5, 0.6) is 5.88 Å². The number of hydrogen-bond acceptors (Lipinski definition) is 6. The SMILES string of the molecule is COc1ncnc2c1c(/C=C/C(=O)N1CCc3c(nc(C)nc3C(F)(F)F)C1)c(-c1ccccc1)n2C. The Kier molecular flexibility index (Phi) is 6.14. The highest BCUT2D eigenvalue weighted by Crippen LogP contribution is 2.37. The Bertz CT molecular complexity index is 1530. The molecule has 190 valence electrons. The Balaban J connectivity index is 1.52. The molecule has 1 aliphatic heterocycles. The third kappa shape index (κ3) is 4.41. The van der Waals surface area contributed by atoms with Crippen molar-refractivity contribution < 1.29 is 22.7 Å². The normalized spacial score (nSPS) is 13.8. The fourth-order valence-electron chi connectivity index (χ4n) is 4.75. The number of amides is 1. The van der Waals surface area contributed by atoms with Crippen LogP contribution in [0.2, 0.25) is 0 Å². The van der Waals surface area contributed by atoms with Gasteiger partial charge in [-0.3, -0.25) is 4.79 Å². The maximum Gasteiger partial charge on any atom is 0.433 e. The number of aromatic nitrogens is 5. The van der Waals surface area contributed by atoms with Gasteiger partial charge in [0, 0.05) is 30.8 Å². The summed E-state index contributed by atoms with van der Waals surface area (Å²) in [6.45, 7) is 1.51. The number of rotatable bonds is 4. The molecule has 0 fully saturated rings. The van der Waals surface area contributed by atoms with Crippen LogP contribution in [0.1, 0.15) is 28.3 Å². The van der Waals surface area contributed by atoms with Crippen LogP contribution in [0.25, 0.3) is 28.4 Å². The number of ether oxygens (including phenoxy) is 1. The molecule has 5 rings (SSSR count). The number of halogens is 3. The second kappa shape index (κ2) is 9.30. The van der Waals surface area contributed by atoms with E-state index in [2.05, 4.69) is 19.9 Å². The van der Waals surface area contributed by atoms with Crippen molar-refractivity contribution in [2.24, 2.45) is 7.05 Å². The lowest BCUT2D eigenvalue weighted by Gasteiger charge is -2.28. The Hall–Kier alpha value is -4.28. The van der Waals surface area contributed by atoms with E-state index in [0.29, 0.717) is 22.5 Å². The minimum Gasteiger partial charge on any atom is -0.480 e. The van der Waals surface area contributed by atoms with Gasteiger partial charge in [0.05, 0.1) is 30.4 Å². The fourth-order valence-corrected chi connectivity index (χ4v) is 4.75. The van der Waals surface area contributed by atoms with Gasteiger partial charge in [-0.05, 0) is 25.0 Å². The van der Waals surface area contributed by atoms with Crippen LogP contribution in [0.15, 0.2) is 42.7 Å². The number of methoxy groups -OCH3 is 1. The van der Waals surface area contributed by atoms with Gasteiger partial charge in [-0.2, -0.15) is 13.2 Å². The number of fused-ring (bicyclic) bond motifs is 2. The van der Waals surface area contributed by atoms with E-state index in [1.54, 1.807) is 6.08 Å². The molecule has 1 amide bonds. The molecule has 0 saturated heterocycles. The Labute approximate surface area is 210 Å². The van der Waals surface area contributed by atoms with Crippen molar-refractivity contribution in [2.45, 2.75) is 26.1 Å². The standard InChI is InChI=1S/C26H23F3N6O2/c1-15-32-19-13-35(12-11-17(19)23(33-15)26(27,28)29)20(36)10-9-18-21-24(30-14-31-25(21)37-3)34(2)22(18)16-7-5-4-6-8-16/h4-10,14H,11-13H2,1-3H3/b10-9+. The number of benzene rings is 1. The fraction of sp³-hybridized carbons (Fsp3) is 0.269. The van der Waals surface area contributed by atoms with Gasteiger partial charge in [0.2, 0.25) is 11.8 Å². The van der Waals surface area contributed by atoms with E-state index in [4.69, 9.17) is 4.74 Å². The van der Waals surface area contributed by atoms with Crippen LogP contribution >= 0.6 is 0 Å². The summed E-state index contributed by atoms with van der Waals surface area (Å²) >= 11 is 0. The van der Waals surface area contributed by atoms with Gasteiger partial charge >= 0.3 is 6.18 Å². The number of carbonyl (C=O) groups excluding carboxylic acids is 1. The highest BCUT2D eigenvalue weighted by Gasteiger charge is 2.38. The summed E-state index contributed by atoms with van der Waals surface area (Å²) in [4.78, 5) is 31.1. The van der Waals surface area contributed by atoms with Crippen LogP contribution in [0.4, 0.5) is 13.2 Å². The first-order chi connectivity index (χ1) is 17.7. The molecule has 0 bridgehead atoms. The summed E-state index contributed by atoms with van der Waals surface area (Å²) in [6.07, 6.45) is -0.0423. The first-order valence-corrected chi connectivity index (χ1v) is 11.5. The molecule has 0 spiro atoms. The van der Waals surface area contributed by atoms with Crippen LogP contribution < -0.4 is 4.74 Å². The molecule has 1 aliphatic rings. The highest BCUT2D eigenvalue weighted by molar-refractivity contribution is 6.02. The first-order valence-electron chi connectivity index (χ1n) is 11.5. The van der Waals surface area contributed by atoms with Crippen LogP contribution in [-0.2, 0) is 31.0 Å². The van der Waals surface area contributed by atoms with Crippen molar-refractivity contribution in [2.75, 3.05) is 13.7 Å². The van der Waals surface area contributed by atoms with Gasteiger partial charge < -0.3 is 14.2 Å². The highest BCUT2D eigenvalue weighted by atomic mass is 19.4. The molecule has 0 atom stereocenters. The van der Waals surface area contributed by atoms with E-state index in [1.165, 1.54) is 31.3 Å². The molecular weight excluding hydrogens is 485 g/mol. The predicted octanol–water partition coefficient (Wildman–Crippen LogP) is 4.36. The topological polar surface area (TPSA) is 86.0 Å². The number of hydrogen-bond donors (Lipinski definition) is 0. The third-order valence-corrected chi connectivity index (χ3v) is 6.36. The van der Waals surface area contributed by atoms with E-state index >= 15 is 0 Å². The van der Waals surface area contributed by atoms with Gasteiger partial charge in [-0.15, -0.1) is 0 Å². The Morgan fingerprint density at radius 2 is 1.89 bits per heavy atom. The average molecular weight is 509 g/mol. The number of nitrogens with zero attached hydrogens (tertiary/aromatic N) is 6. The minimum absolute atomic E-state index is 0.0197. The minimum atomic E-state index is -4.58. The summed E-state index contributed by atoms with van der Waals surface area (Å²) in [7, 11) is 3.39. The van der Waals surface area contributed by atoms with Crippen LogP contribution in [-0.4, -0.2) is 49.0 Å². The lowest BCUT2D eigenvalue weighted by atomic mass is 10.0. The molecule has 3 aromatic heterocycles. The summed E-state index contributed by atoms with van der Waals surface area (Å²) in [6, 6.07) is 9.65. The second-order valence-electron chi connectivity index (χ2n) is 8.65. The Morgan fingerprint density at radius 3 is 2.59 bits per heavy atom. The van der Waals surface area contributed by atoms with Crippen molar-refractivity contribution in [3.63, 3.8) is 0 Å². The van der Waals surface area contributed by atoms with Gasteiger partial charge in [-0.1, -0.05) is 30.3 Å². The summed E-state index contributed by atoms with van der Waals surface area (Å²) in [5.74, 6) is 0.0437. The maximum absolute atomic E-state index is 13.5. The van der Waals surface area contributed by atoms with E-state index < -0.39 is 11.9 Å². The smallest absolute Gasteiger partial charge is 0.433 e. The van der Waals surface area contributed by atoms with Gasteiger partial charge in [0.25, 0.3) is 0 Å². The summed E-state index contributed by atoms with van der Waals surface area (Å²) in [5, 5.41) is 0.651. The van der Waals surface area contributed by atoms with Crippen LogP contribution in [0.3, 0.4) is 0 Å². The molecule has 0 aliphatic carbocycles. The third-order valence-electron chi connectivity index (χ3n) is 6.36.